The van der Waals surface area contributed by atoms with Gasteiger partial charge in [-0.05, 0) is 55.3 Å². The highest BCUT2D eigenvalue weighted by Gasteiger charge is 2.11. The highest BCUT2D eigenvalue weighted by molar-refractivity contribution is 6.00. The number of amides is 1. The van der Waals surface area contributed by atoms with Crippen molar-refractivity contribution in [2.75, 3.05) is 0 Å². The summed E-state index contributed by atoms with van der Waals surface area (Å²) < 4.78 is 5.85. The molecule has 0 aliphatic carbocycles. The van der Waals surface area contributed by atoms with E-state index in [0.29, 0.717) is 18.0 Å². The van der Waals surface area contributed by atoms with Crippen molar-refractivity contribution in [3.63, 3.8) is 0 Å². The van der Waals surface area contributed by atoms with E-state index in [9.17, 15) is 4.79 Å². The van der Waals surface area contributed by atoms with Crippen molar-refractivity contribution in [3.8, 4) is 17.0 Å². The fourth-order valence-electron chi connectivity index (χ4n) is 3.10. The summed E-state index contributed by atoms with van der Waals surface area (Å²) in [6, 6.07) is 27.2. The van der Waals surface area contributed by atoms with E-state index in [4.69, 9.17) is 4.74 Å². The Labute approximate surface area is 187 Å². The summed E-state index contributed by atoms with van der Waals surface area (Å²) in [5, 5.41) is 11.2. The molecule has 2 N–H and O–H groups in total. The van der Waals surface area contributed by atoms with E-state index >= 15 is 0 Å². The van der Waals surface area contributed by atoms with Crippen LogP contribution in [0.15, 0.2) is 90.0 Å². The summed E-state index contributed by atoms with van der Waals surface area (Å²) in [7, 11) is 0. The van der Waals surface area contributed by atoms with Gasteiger partial charge in [-0.1, -0.05) is 60.2 Å². The zero-order valence-corrected chi connectivity index (χ0v) is 18.0. The van der Waals surface area contributed by atoms with Crippen LogP contribution in [0, 0.1) is 6.92 Å². The molecule has 4 rings (SSSR count). The highest BCUT2D eigenvalue weighted by atomic mass is 16.5. The number of carbonyl (C=O) groups is 1. The SMILES string of the molecule is C/C(=N/NC(=O)c1cc(-c2ccc(OCc3ccc(C)cc3)cc2)n[nH]1)c1ccccc1. The molecule has 6 heteroatoms. The molecule has 0 saturated carbocycles. The van der Waals surface area contributed by atoms with E-state index in [1.165, 1.54) is 5.56 Å². The zero-order chi connectivity index (χ0) is 22.3. The molecule has 1 aromatic heterocycles. The number of carbonyl (C=O) groups excluding carboxylic acids is 1. The second-order valence-corrected chi connectivity index (χ2v) is 7.47. The van der Waals surface area contributed by atoms with Crippen LogP contribution in [0.25, 0.3) is 11.3 Å². The molecule has 0 radical (unpaired) electrons. The van der Waals surface area contributed by atoms with Gasteiger partial charge in [0, 0.05) is 5.56 Å². The van der Waals surface area contributed by atoms with E-state index in [-0.39, 0.29) is 5.91 Å². The van der Waals surface area contributed by atoms with Gasteiger partial charge in [-0.25, -0.2) is 5.43 Å². The third kappa shape index (κ3) is 5.29. The number of aromatic nitrogens is 2. The van der Waals surface area contributed by atoms with Gasteiger partial charge in [-0.3, -0.25) is 9.89 Å². The topological polar surface area (TPSA) is 79.4 Å². The molecule has 0 fully saturated rings. The highest BCUT2D eigenvalue weighted by Crippen LogP contribution is 2.22. The molecule has 1 amide bonds. The molecular formula is C26H24N4O2. The van der Waals surface area contributed by atoms with Crippen LogP contribution in [0.1, 0.15) is 34.1 Å². The Hall–Kier alpha value is -4.19. The number of rotatable bonds is 7. The van der Waals surface area contributed by atoms with Gasteiger partial charge in [0.2, 0.25) is 0 Å². The first-order valence-electron chi connectivity index (χ1n) is 10.3. The molecule has 0 bridgehead atoms. The van der Waals surface area contributed by atoms with Crippen LogP contribution in [0.2, 0.25) is 0 Å². The van der Waals surface area contributed by atoms with Crippen molar-refractivity contribution in [3.05, 3.63) is 107 Å². The van der Waals surface area contributed by atoms with Crippen molar-refractivity contribution in [1.82, 2.24) is 15.6 Å². The second kappa shape index (κ2) is 9.75. The molecular weight excluding hydrogens is 400 g/mol. The Kier molecular flexibility index (Phi) is 6.41. The van der Waals surface area contributed by atoms with Gasteiger partial charge < -0.3 is 4.74 Å². The number of hydrazone groups is 1. The number of hydrogen-bond acceptors (Lipinski definition) is 4. The zero-order valence-electron chi connectivity index (χ0n) is 18.0. The van der Waals surface area contributed by atoms with Crippen LogP contribution < -0.4 is 10.2 Å². The molecule has 1 heterocycles. The van der Waals surface area contributed by atoms with E-state index in [0.717, 1.165) is 28.2 Å². The number of hydrogen-bond donors (Lipinski definition) is 2. The summed E-state index contributed by atoms with van der Waals surface area (Å²) in [4.78, 5) is 12.4. The molecule has 0 saturated heterocycles. The molecule has 0 aliphatic heterocycles. The fourth-order valence-corrected chi connectivity index (χ4v) is 3.10. The van der Waals surface area contributed by atoms with Crippen LogP contribution in [0.5, 0.6) is 5.75 Å². The Balaban J connectivity index is 1.36. The Morgan fingerprint density at radius 2 is 1.72 bits per heavy atom. The van der Waals surface area contributed by atoms with Gasteiger partial charge in [0.15, 0.2) is 0 Å². The molecule has 6 nitrogen and oxygen atoms in total. The smallest absolute Gasteiger partial charge is 0.289 e. The van der Waals surface area contributed by atoms with Gasteiger partial charge in [0.05, 0.1) is 11.4 Å². The van der Waals surface area contributed by atoms with Crippen LogP contribution in [-0.4, -0.2) is 21.8 Å². The van der Waals surface area contributed by atoms with Crippen LogP contribution in [0.4, 0.5) is 0 Å². The Morgan fingerprint density at radius 1 is 1.00 bits per heavy atom. The second-order valence-electron chi connectivity index (χ2n) is 7.47. The van der Waals surface area contributed by atoms with E-state index in [1.54, 1.807) is 6.07 Å². The minimum atomic E-state index is -0.350. The summed E-state index contributed by atoms with van der Waals surface area (Å²) >= 11 is 0. The Bertz CT molecular complexity index is 1210. The van der Waals surface area contributed by atoms with E-state index < -0.39 is 0 Å². The normalized spacial score (nSPS) is 11.2. The maximum absolute atomic E-state index is 12.4. The van der Waals surface area contributed by atoms with Gasteiger partial charge in [0.1, 0.15) is 18.1 Å². The van der Waals surface area contributed by atoms with Crippen LogP contribution >= 0.6 is 0 Å². The first-order valence-corrected chi connectivity index (χ1v) is 10.3. The predicted octanol–water partition coefficient (Wildman–Crippen LogP) is 5.12. The summed E-state index contributed by atoms with van der Waals surface area (Å²) in [6.45, 7) is 4.41. The molecule has 0 atom stereocenters. The first kappa shape index (κ1) is 21.1. The monoisotopic (exact) mass is 424 g/mol. The van der Waals surface area contributed by atoms with Crippen molar-refractivity contribution in [2.45, 2.75) is 20.5 Å². The van der Waals surface area contributed by atoms with Gasteiger partial charge in [-0.15, -0.1) is 0 Å². The number of H-pyrrole nitrogens is 1. The van der Waals surface area contributed by atoms with Crippen LogP contribution in [0.3, 0.4) is 0 Å². The minimum absolute atomic E-state index is 0.337. The van der Waals surface area contributed by atoms with Crippen molar-refractivity contribution in [1.29, 1.82) is 0 Å². The fraction of sp³-hybridized carbons (Fsp3) is 0.115. The average Bonchev–Trinajstić information content (AvgIpc) is 3.33. The summed E-state index contributed by atoms with van der Waals surface area (Å²) in [5.41, 5.74) is 8.47. The largest absolute Gasteiger partial charge is 0.489 e. The number of nitrogens with zero attached hydrogens (tertiary/aromatic N) is 2. The summed E-state index contributed by atoms with van der Waals surface area (Å²) in [5.74, 6) is 0.422. The predicted molar refractivity (Wildman–Crippen MR) is 126 cm³/mol. The van der Waals surface area contributed by atoms with Crippen molar-refractivity contribution >= 4 is 11.6 Å². The molecule has 0 unspecified atom stereocenters. The lowest BCUT2D eigenvalue weighted by Crippen LogP contribution is -2.19. The third-order valence-electron chi connectivity index (χ3n) is 5.02. The molecule has 0 spiro atoms. The van der Waals surface area contributed by atoms with Gasteiger partial charge >= 0.3 is 0 Å². The maximum Gasteiger partial charge on any atom is 0.289 e. The number of nitrogens with one attached hydrogen (secondary N) is 2. The van der Waals surface area contributed by atoms with E-state index in [1.807, 2.05) is 61.5 Å². The molecule has 32 heavy (non-hydrogen) atoms. The standard InChI is InChI=1S/C26H24N4O2/c1-18-8-10-20(11-9-18)17-32-23-14-12-22(13-15-23)24-16-25(29-28-24)26(31)30-27-19(2)21-6-4-3-5-7-21/h3-16H,17H2,1-2H3,(H,28,29)(H,30,31)/b27-19-. The van der Waals surface area contributed by atoms with Gasteiger partial charge in [0.25, 0.3) is 5.91 Å². The molecule has 0 aliphatic rings. The maximum atomic E-state index is 12.4. The first-order chi connectivity index (χ1) is 15.6. The molecule has 4 aromatic rings. The lowest BCUT2D eigenvalue weighted by atomic mass is 10.1. The number of aryl methyl sites for hydroxylation is 1. The van der Waals surface area contributed by atoms with E-state index in [2.05, 4.69) is 51.9 Å². The molecule has 160 valence electrons. The van der Waals surface area contributed by atoms with Crippen LogP contribution in [-0.2, 0) is 6.61 Å². The average molecular weight is 425 g/mol. The number of aromatic amines is 1. The quantitative estimate of drug-likeness (QED) is 0.319. The lowest BCUT2D eigenvalue weighted by Gasteiger charge is -2.07. The van der Waals surface area contributed by atoms with Crippen molar-refractivity contribution < 1.29 is 9.53 Å². The van der Waals surface area contributed by atoms with Gasteiger partial charge in [-0.2, -0.15) is 10.2 Å². The summed E-state index contributed by atoms with van der Waals surface area (Å²) in [6.07, 6.45) is 0. The number of ether oxygens (including phenoxy) is 1. The number of benzene rings is 3. The lowest BCUT2D eigenvalue weighted by molar-refractivity contribution is 0.0950. The Morgan fingerprint density at radius 3 is 2.44 bits per heavy atom. The molecule has 3 aromatic carbocycles. The minimum Gasteiger partial charge on any atom is -0.489 e. The third-order valence-corrected chi connectivity index (χ3v) is 5.02. The van der Waals surface area contributed by atoms with Crippen molar-refractivity contribution in [2.24, 2.45) is 5.10 Å².